The summed E-state index contributed by atoms with van der Waals surface area (Å²) in [6.07, 6.45) is 3.31. The molecular weight excluding hydrogens is 295 g/mol. The van der Waals surface area contributed by atoms with Gasteiger partial charge in [0.1, 0.15) is 0 Å². The van der Waals surface area contributed by atoms with Gasteiger partial charge in [0, 0.05) is 28.7 Å². The van der Waals surface area contributed by atoms with Gasteiger partial charge in [0.25, 0.3) is 0 Å². The first kappa shape index (κ1) is 14.6. The third-order valence-corrected chi connectivity index (χ3v) is 4.96. The van der Waals surface area contributed by atoms with Gasteiger partial charge in [-0.3, -0.25) is 4.90 Å². The van der Waals surface area contributed by atoms with Gasteiger partial charge in [0.15, 0.2) is 0 Å². The van der Waals surface area contributed by atoms with Crippen LogP contribution in [0.3, 0.4) is 0 Å². The Balaban J connectivity index is 1.64. The van der Waals surface area contributed by atoms with Crippen LogP contribution >= 0.6 is 23.2 Å². The van der Waals surface area contributed by atoms with Gasteiger partial charge in [0.05, 0.1) is 12.7 Å². The topological polar surface area (TPSA) is 38.5 Å². The first-order chi connectivity index (χ1) is 9.63. The summed E-state index contributed by atoms with van der Waals surface area (Å²) < 4.78 is 5.95. The van der Waals surface area contributed by atoms with E-state index in [4.69, 9.17) is 33.7 Å². The Morgan fingerprint density at radius 3 is 3.10 bits per heavy atom. The lowest BCUT2D eigenvalue weighted by atomic mass is 10.00. The van der Waals surface area contributed by atoms with Crippen LogP contribution in [0.5, 0.6) is 0 Å². The van der Waals surface area contributed by atoms with E-state index in [1.807, 2.05) is 12.1 Å². The summed E-state index contributed by atoms with van der Waals surface area (Å²) in [5, 5.41) is 1.42. The Hall–Kier alpha value is -0.320. The van der Waals surface area contributed by atoms with Crippen LogP contribution in [-0.4, -0.2) is 42.8 Å². The minimum atomic E-state index is -0.0486. The molecule has 3 unspecified atom stereocenters. The minimum Gasteiger partial charge on any atom is -0.374 e. The molecule has 2 heterocycles. The van der Waals surface area contributed by atoms with Crippen LogP contribution in [0.4, 0.5) is 0 Å². The maximum absolute atomic E-state index is 6.33. The summed E-state index contributed by atoms with van der Waals surface area (Å²) in [7, 11) is 0. The summed E-state index contributed by atoms with van der Waals surface area (Å²) in [4.78, 5) is 2.51. The molecule has 20 heavy (non-hydrogen) atoms. The van der Waals surface area contributed by atoms with E-state index in [0.717, 1.165) is 23.7 Å². The molecule has 2 aliphatic rings. The zero-order valence-corrected chi connectivity index (χ0v) is 12.9. The van der Waals surface area contributed by atoms with E-state index < -0.39 is 0 Å². The van der Waals surface area contributed by atoms with Crippen LogP contribution in [0.15, 0.2) is 18.2 Å². The van der Waals surface area contributed by atoms with Gasteiger partial charge >= 0.3 is 0 Å². The molecule has 2 N–H and O–H groups in total. The lowest BCUT2D eigenvalue weighted by molar-refractivity contribution is -0.0589. The molecule has 0 saturated carbocycles. The average molecular weight is 315 g/mol. The third-order valence-electron chi connectivity index (χ3n) is 4.36. The fraction of sp³-hybridized carbons (Fsp3) is 0.600. The molecule has 0 amide bonds. The number of nitrogens with zero attached hydrogens (tertiary/aromatic N) is 1. The molecule has 3 nitrogen and oxygen atoms in total. The predicted molar refractivity (Wildman–Crippen MR) is 82.5 cm³/mol. The van der Waals surface area contributed by atoms with Gasteiger partial charge in [-0.25, -0.2) is 0 Å². The van der Waals surface area contributed by atoms with Crippen LogP contribution < -0.4 is 5.73 Å². The Bertz CT molecular complexity index is 483. The summed E-state index contributed by atoms with van der Waals surface area (Å²) in [6.45, 7) is 2.92. The fourth-order valence-electron chi connectivity index (χ4n) is 3.19. The smallest absolute Gasteiger partial charge is 0.0856 e. The molecule has 110 valence electrons. The van der Waals surface area contributed by atoms with Crippen LogP contribution in [0.2, 0.25) is 10.0 Å². The highest BCUT2D eigenvalue weighted by Gasteiger charge is 2.34. The lowest BCUT2D eigenvalue weighted by Crippen LogP contribution is -2.53. The van der Waals surface area contributed by atoms with Crippen molar-refractivity contribution < 1.29 is 4.74 Å². The van der Waals surface area contributed by atoms with Gasteiger partial charge in [-0.1, -0.05) is 23.2 Å². The van der Waals surface area contributed by atoms with Gasteiger partial charge < -0.3 is 10.5 Å². The number of morpholine rings is 1. The highest BCUT2D eigenvalue weighted by atomic mass is 35.5. The van der Waals surface area contributed by atoms with E-state index >= 15 is 0 Å². The number of benzene rings is 1. The molecule has 0 bridgehead atoms. The molecule has 3 atom stereocenters. The highest BCUT2D eigenvalue weighted by Crippen LogP contribution is 2.26. The zero-order valence-electron chi connectivity index (χ0n) is 11.4. The van der Waals surface area contributed by atoms with Crippen molar-refractivity contribution in [1.82, 2.24) is 4.90 Å². The van der Waals surface area contributed by atoms with Crippen LogP contribution in [0, 0.1) is 0 Å². The van der Waals surface area contributed by atoms with Gasteiger partial charge in [0.2, 0.25) is 0 Å². The number of hydrogen-bond acceptors (Lipinski definition) is 3. The molecule has 0 radical (unpaired) electrons. The molecule has 5 heteroatoms. The first-order valence-corrected chi connectivity index (χ1v) is 7.94. The second kappa shape index (κ2) is 6.20. The number of hydrogen-bond donors (Lipinski definition) is 1. The quantitative estimate of drug-likeness (QED) is 0.932. The predicted octanol–water partition coefficient (Wildman–Crippen LogP) is 2.73. The van der Waals surface area contributed by atoms with Crippen molar-refractivity contribution in [2.45, 2.75) is 37.5 Å². The van der Waals surface area contributed by atoms with Crippen molar-refractivity contribution in [3.8, 4) is 0 Å². The maximum atomic E-state index is 6.33. The first-order valence-electron chi connectivity index (χ1n) is 7.18. The van der Waals surface area contributed by atoms with E-state index in [9.17, 15) is 0 Å². The zero-order chi connectivity index (χ0) is 14.1. The van der Waals surface area contributed by atoms with Crippen LogP contribution in [-0.2, 0) is 11.2 Å². The molecular formula is C15H20Cl2N2O. The van der Waals surface area contributed by atoms with E-state index in [0.29, 0.717) is 17.5 Å². The van der Waals surface area contributed by atoms with Gasteiger partial charge in [-0.15, -0.1) is 0 Å². The van der Waals surface area contributed by atoms with Crippen molar-refractivity contribution in [3.63, 3.8) is 0 Å². The Morgan fingerprint density at radius 2 is 2.25 bits per heavy atom. The van der Waals surface area contributed by atoms with E-state index in [-0.39, 0.29) is 12.1 Å². The van der Waals surface area contributed by atoms with Crippen molar-refractivity contribution in [2.24, 2.45) is 5.73 Å². The van der Waals surface area contributed by atoms with Gasteiger partial charge in [-0.2, -0.15) is 0 Å². The minimum absolute atomic E-state index is 0.0486. The summed E-state index contributed by atoms with van der Waals surface area (Å²) in [6, 6.07) is 6.07. The number of ether oxygens (including phenoxy) is 1. The fourth-order valence-corrected chi connectivity index (χ4v) is 3.58. The summed E-state index contributed by atoms with van der Waals surface area (Å²) in [5.74, 6) is 0. The standard InChI is InChI=1S/C15H20Cl2N2O/c16-11-3-4-13(17)10(6-11)7-14(18)15-8-19-5-1-2-12(19)9-20-15/h3-4,6,12,14-15H,1-2,5,7-9,18H2. The van der Waals surface area contributed by atoms with E-state index in [2.05, 4.69) is 4.90 Å². The monoisotopic (exact) mass is 314 g/mol. The molecule has 1 aromatic carbocycles. The number of nitrogens with two attached hydrogens (primary N) is 1. The molecule has 1 aromatic rings. The molecule has 3 rings (SSSR count). The number of rotatable bonds is 3. The molecule has 0 aliphatic carbocycles. The largest absolute Gasteiger partial charge is 0.374 e. The second-order valence-electron chi connectivity index (χ2n) is 5.77. The average Bonchev–Trinajstić information content (AvgIpc) is 2.90. The summed E-state index contributed by atoms with van der Waals surface area (Å²) >= 11 is 12.2. The Kier molecular flexibility index (Phi) is 4.53. The van der Waals surface area contributed by atoms with Crippen molar-refractivity contribution in [2.75, 3.05) is 19.7 Å². The van der Waals surface area contributed by atoms with Gasteiger partial charge in [-0.05, 0) is 49.6 Å². The normalized spacial score (nSPS) is 28.4. The maximum Gasteiger partial charge on any atom is 0.0856 e. The molecule has 0 spiro atoms. The number of halogens is 2. The van der Waals surface area contributed by atoms with Crippen LogP contribution in [0.1, 0.15) is 18.4 Å². The molecule has 2 aliphatic heterocycles. The Morgan fingerprint density at radius 1 is 1.40 bits per heavy atom. The van der Waals surface area contributed by atoms with Crippen molar-refractivity contribution in [1.29, 1.82) is 0 Å². The Labute approximate surface area is 130 Å². The number of fused-ring (bicyclic) bond motifs is 1. The SMILES string of the molecule is NC(Cc1cc(Cl)ccc1Cl)C1CN2CCCC2CO1. The van der Waals surface area contributed by atoms with E-state index in [1.54, 1.807) is 6.07 Å². The molecule has 0 aromatic heterocycles. The second-order valence-corrected chi connectivity index (χ2v) is 6.61. The molecule has 2 fully saturated rings. The van der Waals surface area contributed by atoms with Crippen molar-refractivity contribution >= 4 is 23.2 Å². The van der Waals surface area contributed by atoms with Crippen LogP contribution in [0.25, 0.3) is 0 Å². The third kappa shape index (κ3) is 3.12. The molecule has 2 saturated heterocycles. The van der Waals surface area contributed by atoms with Crippen molar-refractivity contribution in [3.05, 3.63) is 33.8 Å². The summed E-state index contributed by atoms with van der Waals surface area (Å²) in [5.41, 5.74) is 7.33. The highest BCUT2D eigenvalue weighted by molar-refractivity contribution is 6.33. The van der Waals surface area contributed by atoms with E-state index in [1.165, 1.54) is 19.4 Å². The lowest BCUT2D eigenvalue weighted by Gasteiger charge is -2.37.